The molecular formula is C19H21N5OS2. The number of amides is 1. The minimum atomic E-state index is 0.151. The summed E-state index contributed by atoms with van der Waals surface area (Å²) in [6.07, 6.45) is 0. The second kappa shape index (κ2) is 8.24. The minimum Gasteiger partial charge on any atom is -0.374 e. The van der Waals surface area contributed by atoms with Crippen LogP contribution in [0, 0.1) is 0 Å². The van der Waals surface area contributed by atoms with E-state index < -0.39 is 0 Å². The van der Waals surface area contributed by atoms with Gasteiger partial charge in [-0.25, -0.2) is 0 Å². The third-order valence-electron chi connectivity index (χ3n) is 4.74. The number of piperazine rings is 1. The number of hydrogen-bond donors (Lipinski definition) is 1. The lowest BCUT2D eigenvalue weighted by Gasteiger charge is -2.34. The van der Waals surface area contributed by atoms with Gasteiger partial charge in [-0.15, -0.1) is 10.2 Å². The fourth-order valence-electron chi connectivity index (χ4n) is 3.32. The average molecular weight is 400 g/mol. The number of fused-ring (bicyclic) bond motifs is 1. The standard InChI is InChI=1S/C19H21N5OS2/c20-18-21-22-19(27-18)26-13-17(25)24-10-8-23(9-11-24)12-15-6-3-5-14-4-1-2-7-16(14)15/h1-7H,8-13H2,(H2,20,21). The van der Waals surface area contributed by atoms with E-state index in [1.54, 1.807) is 0 Å². The van der Waals surface area contributed by atoms with Crippen LogP contribution in [-0.4, -0.2) is 57.8 Å². The Bertz CT molecular complexity index is 931. The molecule has 140 valence electrons. The van der Waals surface area contributed by atoms with Crippen molar-refractivity contribution in [2.24, 2.45) is 0 Å². The number of hydrogen-bond acceptors (Lipinski definition) is 7. The predicted molar refractivity (Wildman–Crippen MR) is 111 cm³/mol. The fraction of sp³-hybridized carbons (Fsp3) is 0.316. The van der Waals surface area contributed by atoms with E-state index in [4.69, 9.17) is 5.73 Å². The number of anilines is 1. The summed E-state index contributed by atoms with van der Waals surface area (Å²) in [5.41, 5.74) is 6.92. The maximum Gasteiger partial charge on any atom is 0.233 e. The molecule has 2 N–H and O–H groups in total. The van der Waals surface area contributed by atoms with Crippen LogP contribution < -0.4 is 5.73 Å². The Labute approximate surface area is 166 Å². The van der Waals surface area contributed by atoms with Crippen LogP contribution in [-0.2, 0) is 11.3 Å². The third kappa shape index (κ3) is 4.40. The van der Waals surface area contributed by atoms with E-state index in [-0.39, 0.29) is 5.91 Å². The van der Waals surface area contributed by atoms with Crippen molar-refractivity contribution in [1.29, 1.82) is 0 Å². The summed E-state index contributed by atoms with van der Waals surface area (Å²) < 4.78 is 0.746. The van der Waals surface area contributed by atoms with Crippen LogP contribution in [0.1, 0.15) is 5.56 Å². The van der Waals surface area contributed by atoms with Gasteiger partial charge in [-0.1, -0.05) is 65.6 Å². The van der Waals surface area contributed by atoms with Crippen LogP contribution >= 0.6 is 23.1 Å². The molecule has 0 aliphatic carbocycles. The first-order valence-corrected chi connectivity index (χ1v) is 10.7. The third-order valence-corrected chi connectivity index (χ3v) is 6.61. The molecule has 1 saturated heterocycles. The molecule has 1 fully saturated rings. The highest BCUT2D eigenvalue weighted by Crippen LogP contribution is 2.24. The Kier molecular flexibility index (Phi) is 5.56. The highest BCUT2D eigenvalue weighted by atomic mass is 32.2. The van der Waals surface area contributed by atoms with Gasteiger partial charge in [0.2, 0.25) is 11.0 Å². The van der Waals surface area contributed by atoms with E-state index >= 15 is 0 Å². The Hall–Kier alpha value is -2.16. The van der Waals surface area contributed by atoms with Crippen molar-refractivity contribution in [3.8, 4) is 0 Å². The number of thioether (sulfide) groups is 1. The number of carbonyl (C=O) groups excluding carboxylic acids is 1. The number of carbonyl (C=O) groups is 1. The van der Waals surface area contributed by atoms with Crippen molar-refractivity contribution in [1.82, 2.24) is 20.0 Å². The summed E-state index contributed by atoms with van der Waals surface area (Å²) in [5, 5.41) is 10.7. The van der Waals surface area contributed by atoms with Crippen molar-refractivity contribution < 1.29 is 4.79 Å². The lowest BCUT2D eigenvalue weighted by atomic mass is 10.0. The van der Waals surface area contributed by atoms with E-state index in [2.05, 4.69) is 57.6 Å². The van der Waals surface area contributed by atoms with Gasteiger partial charge in [0.1, 0.15) is 0 Å². The second-order valence-corrected chi connectivity index (χ2v) is 8.72. The Balaban J connectivity index is 1.30. The lowest BCUT2D eigenvalue weighted by molar-refractivity contribution is -0.130. The highest BCUT2D eigenvalue weighted by Gasteiger charge is 2.22. The Morgan fingerprint density at radius 1 is 1.07 bits per heavy atom. The molecular weight excluding hydrogens is 378 g/mol. The number of rotatable bonds is 5. The quantitative estimate of drug-likeness (QED) is 0.665. The normalized spacial score (nSPS) is 15.3. The van der Waals surface area contributed by atoms with Crippen LogP contribution in [0.25, 0.3) is 10.8 Å². The summed E-state index contributed by atoms with van der Waals surface area (Å²) in [4.78, 5) is 16.8. The highest BCUT2D eigenvalue weighted by molar-refractivity contribution is 8.01. The van der Waals surface area contributed by atoms with Crippen LogP contribution in [0.15, 0.2) is 46.8 Å². The topological polar surface area (TPSA) is 75.3 Å². The zero-order chi connectivity index (χ0) is 18.6. The van der Waals surface area contributed by atoms with Crippen molar-refractivity contribution >= 4 is 44.9 Å². The number of nitrogens with zero attached hydrogens (tertiary/aromatic N) is 4. The van der Waals surface area contributed by atoms with Crippen molar-refractivity contribution in [3.63, 3.8) is 0 Å². The first-order chi connectivity index (χ1) is 13.2. The molecule has 8 heteroatoms. The Morgan fingerprint density at radius 2 is 1.85 bits per heavy atom. The molecule has 1 amide bonds. The minimum absolute atomic E-state index is 0.151. The maximum atomic E-state index is 12.4. The summed E-state index contributed by atoms with van der Waals surface area (Å²) in [6.45, 7) is 4.24. The molecule has 1 aromatic heterocycles. The van der Waals surface area contributed by atoms with E-state index in [1.807, 2.05) is 4.90 Å². The molecule has 4 rings (SSSR count). The molecule has 27 heavy (non-hydrogen) atoms. The number of aromatic nitrogens is 2. The molecule has 6 nitrogen and oxygen atoms in total. The van der Waals surface area contributed by atoms with E-state index in [1.165, 1.54) is 39.4 Å². The Morgan fingerprint density at radius 3 is 2.63 bits per heavy atom. The van der Waals surface area contributed by atoms with E-state index in [0.29, 0.717) is 10.9 Å². The molecule has 0 bridgehead atoms. The molecule has 2 heterocycles. The SMILES string of the molecule is Nc1nnc(SCC(=O)N2CCN(Cc3cccc4ccccc34)CC2)s1. The number of nitrogen functional groups attached to an aromatic ring is 1. The molecule has 0 spiro atoms. The van der Waals surface area contributed by atoms with Crippen LogP contribution in [0.2, 0.25) is 0 Å². The molecule has 2 aromatic carbocycles. The van der Waals surface area contributed by atoms with Gasteiger partial charge in [0, 0.05) is 32.7 Å². The lowest BCUT2D eigenvalue weighted by Crippen LogP contribution is -2.48. The van der Waals surface area contributed by atoms with Gasteiger partial charge in [-0.3, -0.25) is 9.69 Å². The second-order valence-electron chi connectivity index (χ2n) is 6.49. The molecule has 1 aliphatic rings. The monoisotopic (exact) mass is 399 g/mol. The van der Waals surface area contributed by atoms with Gasteiger partial charge >= 0.3 is 0 Å². The smallest absolute Gasteiger partial charge is 0.233 e. The first kappa shape index (κ1) is 18.2. The maximum absolute atomic E-state index is 12.4. The molecule has 0 saturated carbocycles. The first-order valence-electron chi connectivity index (χ1n) is 8.87. The zero-order valence-corrected chi connectivity index (χ0v) is 16.5. The number of benzene rings is 2. The summed E-state index contributed by atoms with van der Waals surface area (Å²) >= 11 is 2.73. The largest absolute Gasteiger partial charge is 0.374 e. The average Bonchev–Trinajstić information content (AvgIpc) is 3.12. The zero-order valence-electron chi connectivity index (χ0n) is 14.9. The van der Waals surface area contributed by atoms with Crippen LogP contribution in [0.4, 0.5) is 5.13 Å². The van der Waals surface area contributed by atoms with Crippen molar-refractivity contribution in [3.05, 3.63) is 48.0 Å². The summed E-state index contributed by atoms with van der Waals surface area (Å²) in [6, 6.07) is 15.0. The van der Waals surface area contributed by atoms with Crippen LogP contribution in [0.5, 0.6) is 0 Å². The van der Waals surface area contributed by atoms with Gasteiger partial charge in [-0.05, 0) is 16.3 Å². The molecule has 0 atom stereocenters. The molecule has 1 aliphatic heterocycles. The summed E-state index contributed by atoms with van der Waals surface area (Å²) in [5.74, 6) is 0.538. The number of nitrogens with two attached hydrogens (primary N) is 1. The summed E-state index contributed by atoms with van der Waals surface area (Å²) in [7, 11) is 0. The van der Waals surface area contributed by atoms with E-state index in [0.717, 1.165) is 37.1 Å². The van der Waals surface area contributed by atoms with Gasteiger partial charge in [0.25, 0.3) is 0 Å². The van der Waals surface area contributed by atoms with Crippen molar-refractivity contribution in [2.75, 3.05) is 37.7 Å². The van der Waals surface area contributed by atoms with Crippen LogP contribution in [0.3, 0.4) is 0 Å². The van der Waals surface area contributed by atoms with E-state index in [9.17, 15) is 4.79 Å². The van der Waals surface area contributed by atoms with Gasteiger partial charge in [0.15, 0.2) is 4.34 Å². The molecule has 0 radical (unpaired) electrons. The van der Waals surface area contributed by atoms with Gasteiger partial charge in [0.05, 0.1) is 5.75 Å². The van der Waals surface area contributed by atoms with Gasteiger partial charge < -0.3 is 10.6 Å². The predicted octanol–water partition coefficient (Wildman–Crippen LogP) is 2.71. The van der Waals surface area contributed by atoms with Crippen molar-refractivity contribution in [2.45, 2.75) is 10.9 Å². The fourth-order valence-corrected chi connectivity index (χ4v) is 4.86. The molecule has 0 unspecified atom stereocenters. The van der Waals surface area contributed by atoms with Gasteiger partial charge in [-0.2, -0.15) is 0 Å². The molecule has 3 aromatic rings.